The topological polar surface area (TPSA) is 48.5 Å². The molecule has 4 heteroatoms. The third-order valence-corrected chi connectivity index (χ3v) is 6.53. The van der Waals surface area contributed by atoms with Crippen LogP contribution in [0.1, 0.15) is 78.1 Å². The molecule has 2 aliphatic carbocycles. The summed E-state index contributed by atoms with van der Waals surface area (Å²) in [5.41, 5.74) is 2.40. The summed E-state index contributed by atoms with van der Waals surface area (Å²) in [7, 11) is 0. The van der Waals surface area contributed by atoms with Crippen LogP contribution in [-0.2, 0) is 0 Å². The van der Waals surface area contributed by atoms with Crippen LogP contribution in [0.3, 0.4) is 0 Å². The van der Waals surface area contributed by atoms with Crippen molar-refractivity contribution in [3.8, 4) is 0 Å². The van der Waals surface area contributed by atoms with E-state index >= 15 is 0 Å². The summed E-state index contributed by atoms with van der Waals surface area (Å²) in [6.45, 7) is 7.56. The summed E-state index contributed by atoms with van der Waals surface area (Å²) < 4.78 is 0. The third kappa shape index (κ3) is 6.09. The second-order valence-corrected chi connectivity index (χ2v) is 8.68. The molecule has 0 spiro atoms. The maximum absolute atomic E-state index is 5.07. The van der Waals surface area contributed by atoms with Crippen LogP contribution >= 0.6 is 0 Å². The molecule has 0 aromatic rings. The van der Waals surface area contributed by atoms with E-state index in [1.54, 1.807) is 0 Å². The van der Waals surface area contributed by atoms with Crippen molar-refractivity contribution < 1.29 is 0 Å². The predicted molar refractivity (Wildman–Crippen MR) is 112 cm³/mol. The summed E-state index contributed by atoms with van der Waals surface area (Å²) in [6, 6.07) is 1.77. The molecule has 3 rings (SSSR count). The van der Waals surface area contributed by atoms with Gasteiger partial charge in [0, 0.05) is 36.6 Å². The minimum Gasteiger partial charge on any atom is -0.387 e. The molecule has 0 bridgehead atoms. The van der Waals surface area contributed by atoms with Gasteiger partial charge >= 0.3 is 0 Å². The molecule has 3 N–H and O–H groups in total. The largest absolute Gasteiger partial charge is 0.387 e. The van der Waals surface area contributed by atoms with Gasteiger partial charge < -0.3 is 16.0 Å². The molecule has 4 atom stereocenters. The smallest absolute Gasteiger partial charge is 0.0655 e. The number of nitrogens with zero attached hydrogens (tertiary/aromatic N) is 1. The van der Waals surface area contributed by atoms with Gasteiger partial charge in [0.05, 0.1) is 6.04 Å². The van der Waals surface area contributed by atoms with Gasteiger partial charge in [-0.3, -0.25) is 4.99 Å². The van der Waals surface area contributed by atoms with Gasteiger partial charge in [0.25, 0.3) is 0 Å². The Morgan fingerprint density at radius 3 is 2.35 bits per heavy atom. The van der Waals surface area contributed by atoms with Gasteiger partial charge in [-0.2, -0.15) is 0 Å². The molecule has 4 nitrogen and oxygen atoms in total. The molecule has 148 valence electrons. The highest BCUT2D eigenvalue weighted by Crippen LogP contribution is 2.28. The quantitative estimate of drug-likeness (QED) is 0.616. The lowest BCUT2D eigenvalue weighted by Gasteiger charge is -2.33. The monoisotopic (exact) mass is 360 g/mol. The number of aliphatic imine (C=N–C) groups is 1. The first kappa shape index (κ1) is 19.9. The Kier molecular flexibility index (Phi) is 8.00. The summed E-state index contributed by atoms with van der Waals surface area (Å²) in [5, 5.41) is 11.3. The highest BCUT2D eigenvalue weighted by Gasteiger charge is 2.26. The molecular weight excluding hydrogens is 320 g/mol. The summed E-state index contributed by atoms with van der Waals surface area (Å²) >= 11 is 0. The van der Waals surface area contributed by atoms with Crippen molar-refractivity contribution in [2.45, 2.75) is 96.2 Å². The van der Waals surface area contributed by atoms with E-state index < -0.39 is 0 Å². The number of hydrogen-bond donors (Lipinski definition) is 3. The maximum atomic E-state index is 5.07. The van der Waals surface area contributed by atoms with E-state index in [1.165, 1.54) is 75.6 Å². The van der Waals surface area contributed by atoms with Crippen LogP contribution in [0.15, 0.2) is 16.8 Å². The molecule has 0 amide bonds. The lowest BCUT2D eigenvalue weighted by molar-refractivity contribution is 0.242. The maximum Gasteiger partial charge on any atom is 0.0655 e. The van der Waals surface area contributed by atoms with Crippen molar-refractivity contribution >= 4 is 5.71 Å². The van der Waals surface area contributed by atoms with Gasteiger partial charge in [0.15, 0.2) is 0 Å². The van der Waals surface area contributed by atoms with E-state index in [4.69, 9.17) is 4.99 Å². The molecule has 1 heterocycles. The zero-order valence-electron chi connectivity index (χ0n) is 17.0. The number of allylic oxidation sites excluding steroid dienone is 2. The lowest BCUT2D eigenvalue weighted by atomic mass is 9.81. The van der Waals surface area contributed by atoms with Crippen molar-refractivity contribution in [2.24, 2.45) is 10.9 Å². The average molecular weight is 361 g/mol. The fourth-order valence-corrected chi connectivity index (χ4v) is 5.16. The van der Waals surface area contributed by atoms with Crippen LogP contribution < -0.4 is 16.0 Å². The van der Waals surface area contributed by atoms with Gasteiger partial charge in [0.1, 0.15) is 0 Å². The standard InChI is InChI=1S/C22H40N4/c1-17-16-18(2)26-22-12-6-5-11-21(22)24-13-7-9-19-8-3-4-10-20(19)25-15-14-23-17/h16,19-25H,3-15H2,1-2H3/t19-,20+,21+,22+/m0/s1. The van der Waals surface area contributed by atoms with Gasteiger partial charge in [-0.1, -0.05) is 25.7 Å². The average Bonchev–Trinajstić information content (AvgIpc) is 2.63. The number of hydrogen-bond acceptors (Lipinski definition) is 4. The first-order chi connectivity index (χ1) is 12.7. The summed E-state index contributed by atoms with van der Waals surface area (Å²) in [5.74, 6) is 0.873. The van der Waals surface area contributed by atoms with Gasteiger partial charge in [-0.05, 0) is 70.9 Å². The van der Waals surface area contributed by atoms with E-state index in [9.17, 15) is 0 Å². The van der Waals surface area contributed by atoms with Crippen molar-refractivity contribution in [3.63, 3.8) is 0 Å². The molecular formula is C22H40N4. The fourth-order valence-electron chi connectivity index (χ4n) is 5.16. The Hall–Kier alpha value is -0.870. The Bertz CT molecular complexity index is 485. The van der Waals surface area contributed by atoms with Crippen molar-refractivity contribution in [3.05, 3.63) is 11.8 Å². The first-order valence-corrected chi connectivity index (χ1v) is 11.2. The molecule has 0 aromatic heterocycles. The molecule has 2 fully saturated rings. The van der Waals surface area contributed by atoms with Gasteiger partial charge in [0.2, 0.25) is 0 Å². The SMILES string of the molecule is CC1=CC(C)=N[C@@H]2CCCC[C@H]2NCCC[C@@H]2CCCC[C@H]2NCCN1. The zero-order valence-corrected chi connectivity index (χ0v) is 17.0. The lowest BCUT2D eigenvalue weighted by Crippen LogP contribution is -2.43. The van der Waals surface area contributed by atoms with Crippen LogP contribution in [-0.4, -0.2) is 43.5 Å². The van der Waals surface area contributed by atoms with E-state index in [2.05, 4.69) is 35.9 Å². The van der Waals surface area contributed by atoms with Crippen LogP contribution in [0, 0.1) is 5.92 Å². The minimum absolute atomic E-state index is 0.463. The van der Waals surface area contributed by atoms with Crippen molar-refractivity contribution in [2.75, 3.05) is 19.6 Å². The van der Waals surface area contributed by atoms with Crippen molar-refractivity contribution in [1.82, 2.24) is 16.0 Å². The Balaban J connectivity index is 1.66. The van der Waals surface area contributed by atoms with E-state index in [1.807, 2.05) is 0 Å². The Morgan fingerprint density at radius 1 is 0.769 bits per heavy atom. The van der Waals surface area contributed by atoms with E-state index in [-0.39, 0.29) is 0 Å². The molecule has 0 saturated heterocycles. The second-order valence-electron chi connectivity index (χ2n) is 8.68. The number of fused-ring (bicyclic) bond motifs is 2. The molecule has 0 aromatic carbocycles. The van der Waals surface area contributed by atoms with Crippen LogP contribution in [0.4, 0.5) is 0 Å². The van der Waals surface area contributed by atoms with E-state index in [0.29, 0.717) is 12.1 Å². The number of nitrogens with one attached hydrogen (secondary N) is 3. The Labute approximate surface area is 160 Å². The van der Waals surface area contributed by atoms with Crippen LogP contribution in [0.5, 0.6) is 0 Å². The van der Waals surface area contributed by atoms with Crippen molar-refractivity contribution in [1.29, 1.82) is 0 Å². The molecule has 1 aliphatic heterocycles. The second kappa shape index (κ2) is 10.5. The minimum atomic E-state index is 0.463. The molecule has 26 heavy (non-hydrogen) atoms. The molecule has 0 unspecified atom stereocenters. The van der Waals surface area contributed by atoms with Crippen LogP contribution in [0.2, 0.25) is 0 Å². The molecule has 3 aliphatic rings. The first-order valence-electron chi connectivity index (χ1n) is 11.2. The van der Waals surface area contributed by atoms with Gasteiger partial charge in [-0.15, -0.1) is 0 Å². The van der Waals surface area contributed by atoms with Crippen LogP contribution in [0.25, 0.3) is 0 Å². The fraction of sp³-hybridized carbons (Fsp3) is 0.864. The highest BCUT2D eigenvalue weighted by atomic mass is 15.0. The third-order valence-electron chi connectivity index (χ3n) is 6.53. The normalized spacial score (nSPS) is 35.3. The Morgan fingerprint density at radius 2 is 1.46 bits per heavy atom. The van der Waals surface area contributed by atoms with E-state index in [0.717, 1.165) is 31.6 Å². The summed E-state index contributed by atoms with van der Waals surface area (Å²) in [6.07, 6.45) is 15.7. The zero-order chi connectivity index (χ0) is 18.2. The highest BCUT2D eigenvalue weighted by molar-refractivity contribution is 5.93. The molecule has 2 saturated carbocycles. The number of rotatable bonds is 0. The predicted octanol–water partition coefficient (Wildman–Crippen LogP) is 3.78. The molecule has 0 radical (unpaired) electrons. The summed E-state index contributed by atoms with van der Waals surface area (Å²) in [4.78, 5) is 5.07. The van der Waals surface area contributed by atoms with Gasteiger partial charge in [-0.25, -0.2) is 0 Å².